The van der Waals surface area contributed by atoms with Crippen LogP contribution in [-0.4, -0.2) is 48.7 Å². The standard InChI is InChI=1S/C16H22N4O2S3/c1-12-4-5-15(13(2)10-12)25(21,22)19-8-6-18(7-9-19)11-20-16(23)24-14(3)17-20/h4-5,10H,6-9,11H2,1-3H3/p+1. The number of nitrogens with one attached hydrogen (secondary N) is 1. The van der Waals surface area contributed by atoms with Crippen molar-refractivity contribution in [2.45, 2.75) is 32.3 Å². The van der Waals surface area contributed by atoms with Crippen LogP contribution in [0.5, 0.6) is 0 Å². The van der Waals surface area contributed by atoms with E-state index >= 15 is 0 Å². The van der Waals surface area contributed by atoms with Crippen molar-refractivity contribution in [1.29, 1.82) is 0 Å². The molecule has 2 heterocycles. The first-order chi connectivity index (χ1) is 11.8. The number of quaternary nitrogens is 1. The summed E-state index contributed by atoms with van der Waals surface area (Å²) in [5.74, 6) is 0. The molecule has 2 aromatic rings. The molecule has 0 atom stereocenters. The minimum Gasteiger partial charge on any atom is -0.314 e. The third-order valence-corrected chi connectivity index (χ3v) is 7.74. The summed E-state index contributed by atoms with van der Waals surface area (Å²) in [6, 6.07) is 5.49. The zero-order valence-electron chi connectivity index (χ0n) is 14.7. The van der Waals surface area contributed by atoms with Gasteiger partial charge in [-0.3, -0.25) is 0 Å². The number of sulfonamides is 1. The van der Waals surface area contributed by atoms with E-state index in [0.29, 0.717) is 24.7 Å². The average molecular weight is 400 g/mol. The fraction of sp³-hybridized carbons (Fsp3) is 0.500. The van der Waals surface area contributed by atoms with Gasteiger partial charge in [0.05, 0.1) is 31.1 Å². The molecule has 136 valence electrons. The monoisotopic (exact) mass is 399 g/mol. The molecule has 0 aliphatic carbocycles. The lowest BCUT2D eigenvalue weighted by Gasteiger charge is -2.31. The van der Waals surface area contributed by atoms with Crippen LogP contribution in [0.15, 0.2) is 23.1 Å². The number of aromatic nitrogens is 2. The second-order valence-corrected chi connectivity index (χ2v) is 10.2. The minimum atomic E-state index is -3.43. The molecule has 1 aliphatic rings. The zero-order chi connectivity index (χ0) is 18.2. The lowest BCUT2D eigenvalue weighted by atomic mass is 10.2. The molecule has 6 nitrogen and oxygen atoms in total. The van der Waals surface area contributed by atoms with Gasteiger partial charge < -0.3 is 4.90 Å². The van der Waals surface area contributed by atoms with Crippen molar-refractivity contribution in [2.75, 3.05) is 26.2 Å². The summed E-state index contributed by atoms with van der Waals surface area (Å²) < 4.78 is 30.1. The van der Waals surface area contributed by atoms with E-state index in [1.807, 2.05) is 37.6 Å². The Labute approximate surface area is 157 Å². The number of benzene rings is 1. The van der Waals surface area contributed by atoms with Crippen LogP contribution in [-0.2, 0) is 16.7 Å². The van der Waals surface area contributed by atoms with Gasteiger partial charge in [-0.1, -0.05) is 29.0 Å². The molecule has 1 aromatic carbocycles. The van der Waals surface area contributed by atoms with Crippen LogP contribution in [0.4, 0.5) is 0 Å². The third-order valence-electron chi connectivity index (χ3n) is 4.46. The van der Waals surface area contributed by atoms with Crippen molar-refractivity contribution in [2.24, 2.45) is 0 Å². The molecule has 0 bridgehead atoms. The van der Waals surface area contributed by atoms with Gasteiger partial charge in [0.2, 0.25) is 10.0 Å². The van der Waals surface area contributed by atoms with Gasteiger partial charge in [0.1, 0.15) is 5.01 Å². The lowest BCUT2D eigenvalue weighted by molar-refractivity contribution is -0.926. The van der Waals surface area contributed by atoms with Crippen molar-refractivity contribution in [1.82, 2.24) is 14.1 Å². The molecule has 3 rings (SSSR count). The highest BCUT2D eigenvalue weighted by molar-refractivity contribution is 7.89. The molecule has 1 aromatic heterocycles. The molecule has 9 heteroatoms. The van der Waals surface area contributed by atoms with E-state index in [4.69, 9.17) is 12.2 Å². The number of hydrogen-bond donors (Lipinski definition) is 1. The molecule has 0 spiro atoms. The van der Waals surface area contributed by atoms with E-state index in [1.54, 1.807) is 10.4 Å². The molecule has 1 saturated heterocycles. The van der Waals surface area contributed by atoms with Crippen LogP contribution in [0, 0.1) is 24.7 Å². The summed E-state index contributed by atoms with van der Waals surface area (Å²) in [4.78, 5) is 1.72. The van der Waals surface area contributed by atoms with E-state index in [0.717, 1.165) is 33.2 Å². The Morgan fingerprint density at radius 3 is 2.48 bits per heavy atom. The zero-order valence-corrected chi connectivity index (χ0v) is 17.1. The average Bonchev–Trinajstić information content (AvgIpc) is 2.85. The summed E-state index contributed by atoms with van der Waals surface area (Å²) >= 11 is 6.82. The van der Waals surface area contributed by atoms with Gasteiger partial charge in [-0.25, -0.2) is 8.42 Å². The van der Waals surface area contributed by atoms with Crippen LogP contribution in [0.3, 0.4) is 0 Å². The molecular weight excluding hydrogens is 376 g/mol. The minimum absolute atomic E-state index is 0.416. The molecule has 1 aliphatic heterocycles. The molecule has 1 fully saturated rings. The summed E-state index contributed by atoms with van der Waals surface area (Å²) in [6.45, 7) is 9.00. The fourth-order valence-corrected chi connectivity index (χ4v) is 5.87. The van der Waals surface area contributed by atoms with Crippen LogP contribution in [0.2, 0.25) is 0 Å². The van der Waals surface area contributed by atoms with Crippen LogP contribution >= 0.6 is 23.6 Å². The Morgan fingerprint density at radius 1 is 1.24 bits per heavy atom. The molecule has 0 unspecified atom stereocenters. The highest BCUT2D eigenvalue weighted by atomic mass is 32.2. The fourth-order valence-electron chi connectivity index (χ4n) is 3.15. The number of aryl methyl sites for hydroxylation is 3. The van der Waals surface area contributed by atoms with E-state index in [-0.39, 0.29) is 0 Å². The Hall–Kier alpha value is -1.13. The van der Waals surface area contributed by atoms with E-state index in [2.05, 4.69) is 5.10 Å². The maximum absolute atomic E-state index is 12.9. The number of nitrogens with zero attached hydrogens (tertiary/aromatic N) is 3. The molecule has 0 amide bonds. The maximum atomic E-state index is 12.9. The Balaban J connectivity index is 1.69. The van der Waals surface area contributed by atoms with Crippen LogP contribution in [0.1, 0.15) is 16.1 Å². The normalized spacial score (nSPS) is 17.1. The first-order valence-corrected chi connectivity index (χ1v) is 10.9. The molecule has 1 N–H and O–H groups in total. The van der Waals surface area contributed by atoms with E-state index in [1.165, 1.54) is 16.2 Å². The number of hydrogen-bond acceptors (Lipinski definition) is 5. The van der Waals surface area contributed by atoms with Gasteiger partial charge in [-0.05, 0) is 44.6 Å². The largest absolute Gasteiger partial charge is 0.314 e. The topological polar surface area (TPSA) is 59.6 Å². The third kappa shape index (κ3) is 4.01. The maximum Gasteiger partial charge on any atom is 0.243 e. The van der Waals surface area contributed by atoms with Gasteiger partial charge >= 0.3 is 0 Å². The van der Waals surface area contributed by atoms with Crippen molar-refractivity contribution < 1.29 is 13.3 Å². The van der Waals surface area contributed by atoms with E-state index < -0.39 is 10.0 Å². The number of rotatable bonds is 4. The van der Waals surface area contributed by atoms with Gasteiger partial charge in [0, 0.05) is 0 Å². The Bertz CT molecular complexity index is 925. The number of piperazine rings is 1. The summed E-state index contributed by atoms with van der Waals surface area (Å²) in [6.07, 6.45) is 0. The quantitative estimate of drug-likeness (QED) is 0.784. The first kappa shape index (κ1) is 18.7. The van der Waals surface area contributed by atoms with Crippen molar-refractivity contribution in [3.8, 4) is 0 Å². The highest BCUT2D eigenvalue weighted by Gasteiger charge is 2.31. The molecule has 25 heavy (non-hydrogen) atoms. The Kier molecular flexibility index (Phi) is 5.40. The Morgan fingerprint density at radius 2 is 1.92 bits per heavy atom. The van der Waals surface area contributed by atoms with Gasteiger partial charge in [-0.15, -0.1) is 0 Å². The summed E-state index contributed by atoms with van der Waals surface area (Å²) in [5, 5.41) is 5.38. The second kappa shape index (κ2) is 7.24. The predicted octanol–water partition coefficient (Wildman–Crippen LogP) is 1.15. The second-order valence-electron chi connectivity index (χ2n) is 6.47. The van der Waals surface area contributed by atoms with Crippen molar-refractivity contribution in [3.05, 3.63) is 38.3 Å². The van der Waals surface area contributed by atoms with Gasteiger partial charge in [-0.2, -0.15) is 14.1 Å². The molecule has 0 radical (unpaired) electrons. The van der Waals surface area contributed by atoms with E-state index in [9.17, 15) is 8.42 Å². The van der Waals surface area contributed by atoms with Crippen molar-refractivity contribution in [3.63, 3.8) is 0 Å². The summed E-state index contributed by atoms with van der Waals surface area (Å²) in [5.41, 5.74) is 1.88. The predicted molar refractivity (Wildman–Crippen MR) is 101 cm³/mol. The molecular formula is C16H23N4O2S3+. The van der Waals surface area contributed by atoms with Gasteiger partial charge in [0.25, 0.3) is 0 Å². The van der Waals surface area contributed by atoms with Gasteiger partial charge in [0.15, 0.2) is 10.6 Å². The SMILES string of the molecule is Cc1ccc(S(=O)(=O)N2CC[NH+](Cn3nc(C)sc3=S)CC2)c(C)c1. The highest BCUT2D eigenvalue weighted by Crippen LogP contribution is 2.20. The summed E-state index contributed by atoms with van der Waals surface area (Å²) in [7, 11) is -3.43. The van der Waals surface area contributed by atoms with Crippen molar-refractivity contribution >= 4 is 33.6 Å². The van der Waals surface area contributed by atoms with Crippen LogP contribution in [0.25, 0.3) is 0 Å². The smallest absolute Gasteiger partial charge is 0.243 e. The first-order valence-electron chi connectivity index (χ1n) is 8.23. The van der Waals surface area contributed by atoms with Crippen LogP contribution < -0.4 is 4.90 Å². The molecule has 0 saturated carbocycles. The lowest BCUT2D eigenvalue weighted by Crippen LogP contribution is -3.14.